The second kappa shape index (κ2) is 5.82. The Kier molecular flexibility index (Phi) is 4.94. The molecule has 0 aromatic carbocycles. The van der Waals surface area contributed by atoms with Crippen molar-refractivity contribution in [1.82, 2.24) is 4.90 Å². The molecule has 0 saturated carbocycles. The van der Waals surface area contributed by atoms with Crippen molar-refractivity contribution in [1.29, 1.82) is 0 Å². The fourth-order valence-corrected chi connectivity index (χ4v) is 3.99. The first-order valence-corrected chi connectivity index (χ1v) is 7.85. The monoisotopic (exact) mass is 263 g/mol. The fraction of sp³-hybridized carbons (Fsp3) is 0.909. The quantitative estimate of drug-likeness (QED) is 0.786. The summed E-state index contributed by atoms with van der Waals surface area (Å²) in [5.74, 6) is -0.843. The zero-order chi connectivity index (χ0) is 13.1. The van der Waals surface area contributed by atoms with Crippen molar-refractivity contribution in [3.63, 3.8) is 0 Å². The number of hydrogen-bond acceptors (Lipinski definition) is 4. The molecule has 0 aromatic heterocycles. The number of carbonyl (C=O) groups is 1. The predicted molar refractivity (Wildman–Crippen MR) is 65.7 cm³/mol. The summed E-state index contributed by atoms with van der Waals surface area (Å²) in [4.78, 5) is 12.8. The molecule has 0 radical (unpaired) electrons. The largest absolute Gasteiger partial charge is 0.481 e. The molecular weight excluding hydrogens is 242 g/mol. The van der Waals surface area contributed by atoms with E-state index < -0.39 is 21.7 Å². The van der Waals surface area contributed by atoms with E-state index in [0.29, 0.717) is 19.5 Å². The summed E-state index contributed by atoms with van der Waals surface area (Å²) in [6, 6.07) is -0.0134. The van der Waals surface area contributed by atoms with Gasteiger partial charge >= 0.3 is 5.97 Å². The molecule has 0 aromatic rings. The molecular formula is C11H21NO4S. The van der Waals surface area contributed by atoms with Gasteiger partial charge in [0.25, 0.3) is 0 Å². The van der Waals surface area contributed by atoms with E-state index in [0.717, 1.165) is 6.42 Å². The molecule has 2 atom stereocenters. The van der Waals surface area contributed by atoms with Crippen LogP contribution in [0.3, 0.4) is 0 Å². The van der Waals surface area contributed by atoms with Crippen LogP contribution in [0.5, 0.6) is 0 Å². The van der Waals surface area contributed by atoms with Crippen LogP contribution < -0.4 is 0 Å². The van der Waals surface area contributed by atoms with Gasteiger partial charge in [-0.1, -0.05) is 13.8 Å². The van der Waals surface area contributed by atoms with Gasteiger partial charge in [0.15, 0.2) is 9.84 Å². The smallest absolute Gasteiger partial charge is 0.307 e. The molecule has 0 amide bonds. The Morgan fingerprint density at radius 1 is 1.53 bits per heavy atom. The predicted octanol–water partition coefficient (Wildman–Crippen LogP) is 0.606. The van der Waals surface area contributed by atoms with E-state index >= 15 is 0 Å². The van der Waals surface area contributed by atoms with Gasteiger partial charge in [0.05, 0.1) is 17.4 Å². The Morgan fingerprint density at radius 2 is 2.18 bits per heavy atom. The van der Waals surface area contributed by atoms with Gasteiger partial charge < -0.3 is 5.11 Å². The third-order valence-corrected chi connectivity index (χ3v) is 5.09. The third kappa shape index (κ3) is 4.27. The van der Waals surface area contributed by atoms with Crippen LogP contribution in [-0.4, -0.2) is 55.0 Å². The lowest BCUT2D eigenvalue weighted by Gasteiger charge is -2.34. The lowest BCUT2D eigenvalue weighted by Crippen LogP contribution is -2.46. The maximum Gasteiger partial charge on any atom is 0.307 e. The number of aliphatic carboxylic acids is 1. The van der Waals surface area contributed by atoms with Crippen LogP contribution in [0.4, 0.5) is 0 Å². The minimum absolute atomic E-state index is 0.0134. The first-order chi connectivity index (χ1) is 7.85. The lowest BCUT2D eigenvalue weighted by molar-refractivity contribution is -0.141. The van der Waals surface area contributed by atoms with Crippen molar-refractivity contribution in [2.24, 2.45) is 5.92 Å². The molecule has 1 heterocycles. The molecule has 1 aliphatic heterocycles. The Morgan fingerprint density at radius 3 is 2.65 bits per heavy atom. The fourth-order valence-electron chi connectivity index (χ4n) is 2.25. The molecule has 5 nitrogen and oxygen atoms in total. The average molecular weight is 263 g/mol. The van der Waals surface area contributed by atoms with Crippen molar-refractivity contribution in [3.8, 4) is 0 Å². The molecule has 0 bridgehead atoms. The minimum atomic E-state index is -2.93. The van der Waals surface area contributed by atoms with E-state index in [2.05, 4.69) is 0 Å². The van der Waals surface area contributed by atoms with Crippen LogP contribution >= 0.6 is 0 Å². The third-order valence-electron chi connectivity index (χ3n) is 3.29. The Balaban J connectivity index is 2.64. The number of hydrogen-bond donors (Lipinski definition) is 1. The highest BCUT2D eigenvalue weighted by atomic mass is 32.2. The van der Waals surface area contributed by atoms with Gasteiger partial charge in [-0.3, -0.25) is 9.69 Å². The molecule has 2 unspecified atom stereocenters. The van der Waals surface area contributed by atoms with E-state index in [4.69, 9.17) is 5.11 Å². The van der Waals surface area contributed by atoms with Gasteiger partial charge in [0.2, 0.25) is 0 Å². The Bertz CT molecular complexity index is 366. The number of carboxylic acids is 1. The molecule has 0 spiro atoms. The molecule has 6 heteroatoms. The summed E-state index contributed by atoms with van der Waals surface area (Å²) >= 11 is 0. The Hall–Kier alpha value is -0.620. The minimum Gasteiger partial charge on any atom is -0.481 e. The molecule has 1 fully saturated rings. The van der Waals surface area contributed by atoms with E-state index in [1.165, 1.54) is 0 Å². The van der Waals surface area contributed by atoms with Crippen LogP contribution in [-0.2, 0) is 14.6 Å². The summed E-state index contributed by atoms with van der Waals surface area (Å²) in [5.41, 5.74) is 0. The first-order valence-electron chi connectivity index (χ1n) is 6.03. The van der Waals surface area contributed by atoms with Gasteiger partial charge in [-0.25, -0.2) is 8.42 Å². The summed E-state index contributed by atoms with van der Waals surface area (Å²) in [5, 5.41) is 8.88. The molecule has 1 N–H and O–H groups in total. The summed E-state index contributed by atoms with van der Waals surface area (Å²) in [6.45, 7) is 4.71. The number of nitrogens with zero attached hydrogens (tertiary/aromatic N) is 1. The zero-order valence-corrected chi connectivity index (χ0v) is 11.2. The van der Waals surface area contributed by atoms with Gasteiger partial charge in [-0.05, 0) is 19.4 Å². The summed E-state index contributed by atoms with van der Waals surface area (Å²) < 4.78 is 23.1. The van der Waals surface area contributed by atoms with Gasteiger partial charge in [0.1, 0.15) is 0 Å². The van der Waals surface area contributed by atoms with Gasteiger partial charge in [-0.15, -0.1) is 0 Å². The van der Waals surface area contributed by atoms with Crippen molar-refractivity contribution < 1.29 is 18.3 Å². The second-order valence-electron chi connectivity index (χ2n) is 4.74. The topological polar surface area (TPSA) is 74.7 Å². The summed E-state index contributed by atoms with van der Waals surface area (Å²) in [6.07, 6.45) is 1.53. The van der Waals surface area contributed by atoms with Crippen molar-refractivity contribution in [2.45, 2.75) is 32.7 Å². The summed E-state index contributed by atoms with van der Waals surface area (Å²) in [7, 11) is -2.93. The van der Waals surface area contributed by atoms with E-state index in [1.807, 2.05) is 11.8 Å². The van der Waals surface area contributed by atoms with Crippen molar-refractivity contribution in [3.05, 3.63) is 0 Å². The highest BCUT2D eigenvalue weighted by Crippen LogP contribution is 2.18. The lowest BCUT2D eigenvalue weighted by atomic mass is 10.1. The van der Waals surface area contributed by atoms with Crippen LogP contribution in [0, 0.1) is 5.92 Å². The molecule has 17 heavy (non-hydrogen) atoms. The van der Waals surface area contributed by atoms with Gasteiger partial charge in [-0.2, -0.15) is 0 Å². The standard InChI is InChI=1S/C11H21NO4S/c1-3-12(7-9(2)11(13)14)10-5-4-6-17(15,16)8-10/h9-10H,3-8H2,1-2H3,(H,13,14). The van der Waals surface area contributed by atoms with Crippen LogP contribution in [0.2, 0.25) is 0 Å². The van der Waals surface area contributed by atoms with Crippen LogP contribution in [0.25, 0.3) is 0 Å². The van der Waals surface area contributed by atoms with E-state index in [1.54, 1.807) is 6.92 Å². The second-order valence-corrected chi connectivity index (χ2v) is 6.97. The highest BCUT2D eigenvalue weighted by Gasteiger charge is 2.30. The average Bonchev–Trinajstić information content (AvgIpc) is 2.23. The van der Waals surface area contributed by atoms with Crippen molar-refractivity contribution >= 4 is 15.8 Å². The molecule has 1 aliphatic rings. The molecule has 1 saturated heterocycles. The zero-order valence-electron chi connectivity index (χ0n) is 10.4. The van der Waals surface area contributed by atoms with Crippen molar-refractivity contribution in [2.75, 3.05) is 24.6 Å². The molecule has 1 rings (SSSR count). The SMILES string of the molecule is CCN(CC(C)C(=O)O)C1CCCS(=O)(=O)C1. The normalized spacial score (nSPS) is 25.7. The maximum absolute atomic E-state index is 11.6. The van der Waals surface area contributed by atoms with Crippen LogP contribution in [0.1, 0.15) is 26.7 Å². The maximum atomic E-state index is 11.6. The van der Waals surface area contributed by atoms with Gasteiger partial charge in [0, 0.05) is 12.6 Å². The van der Waals surface area contributed by atoms with Crippen LogP contribution in [0.15, 0.2) is 0 Å². The number of rotatable bonds is 5. The first kappa shape index (κ1) is 14.4. The Labute approximate surface area is 103 Å². The van der Waals surface area contributed by atoms with E-state index in [-0.39, 0.29) is 17.5 Å². The number of sulfone groups is 1. The molecule has 0 aliphatic carbocycles. The van der Waals surface area contributed by atoms with E-state index in [9.17, 15) is 13.2 Å². The molecule has 100 valence electrons. The highest BCUT2D eigenvalue weighted by molar-refractivity contribution is 7.91. The number of carboxylic acid groups (broad SMARTS) is 1.